The first-order valence-corrected chi connectivity index (χ1v) is 12.0. The average molecular weight is 437 g/mol. The minimum atomic E-state index is -3.50. The number of carbonyl (C=O) groups is 2. The fraction of sp³-hybridized carbons (Fsp3) is 0.526. The van der Waals surface area contributed by atoms with Crippen LogP contribution in [-0.4, -0.2) is 60.1 Å². The summed E-state index contributed by atoms with van der Waals surface area (Å²) in [4.78, 5) is 31.0. The monoisotopic (exact) mass is 436 g/mol. The molecule has 2 aliphatic rings. The Kier molecular flexibility index (Phi) is 5.34. The molecule has 156 valence electrons. The van der Waals surface area contributed by atoms with Crippen molar-refractivity contribution >= 4 is 48.5 Å². The topological polar surface area (TPSA) is 99.7 Å². The normalized spacial score (nSPS) is 20.9. The van der Waals surface area contributed by atoms with Gasteiger partial charge in [0.15, 0.2) is 5.13 Å². The lowest BCUT2D eigenvalue weighted by Gasteiger charge is -2.20. The minimum Gasteiger partial charge on any atom is -0.339 e. The van der Waals surface area contributed by atoms with Crippen molar-refractivity contribution < 1.29 is 18.0 Å². The van der Waals surface area contributed by atoms with E-state index in [1.165, 1.54) is 15.6 Å². The number of nitrogens with zero attached hydrogens (tertiary/aromatic N) is 3. The van der Waals surface area contributed by atoms with Crippen molar-refractivity contribution in [2.45, 2.75) is 44.0 Å². The van der Waals surface area contributed by atoms with Crippen LogP contribution in [-0.2, 0) is 19.6 Å². The van der Waals surface area contributed by atoms with Gasteiger partial charge in [0.25, 0.3) is 0 Å². The number of rotatable bonds is 5. The molecule has 2 fully saturated rings. The van der Waals surface area contributed by atoms with Crippen molar-refractivity contribution in [3.8, 4) is 0 Å². The molecule has 2 aliphatic heterocycles. The van der Waals surface area contributed by atoms with Crippen LogP contribution in [0.5, 0.6) is 0 Å². The molecule has 2 aromatic rings. The number of hydrogen-bond donors (Lipinski definition) is 1. The molecule has 0 saturated carbocycles. The summed E-state index contributed by atoms with van der Waals surface area (Å²) in [5.74, 6) is -0.644. The summed E-state index contributed by atoms with van der Waals surface area (Å²) in [7, 11) is -3.50. The van der Waals surface area contributed by atoms with Gasteiger partial charge in [0.05, 0.1) is 21.0 Å². The third-order valence-corrected chi connectivity index (χ3v) is 8.27. The molecule has 1 aromatic carbocycles. The molecule has 2 saturated heterocycles. The second kappa shape index (κ2) is 7.66. The minimum absolute atomic E-state index is 0.0128. The molecule has 29 heavy (non-hydrogen) atoms. The molecule has 1 unspecified atom stereocenters. The van der Waals surface area contributed by atoms with Crippen molar-refractivity contribution in [2.24, 2.45) is 5.92 Å². The van der Waals surface area contributed by atoms with Gasteiger partial charge in [0.1, 0.15) is 0 Å². The Bertz CT molecular complexity index is 1060. The average Bonchev–Trinajstić information content (AvgIpc) is 3.39. The third-order valence-electron chi connectivity index (χ3n) is 5.45. The van der Waals surface area contributed by atoms with Crippen molar-refractivity contribution in [3.63, 3.8) is 0 Å². The number of aromatic nitrogens is 1. The van der Waals surface area contributed by atoms with Gasteiger partial charge in [-0.15, -0.1) is 0 Å². The SMILES string of the molecule is CC(C)N1CC(C(=O)Nc2nc3ccc(S(=O)(=O)N4CCCC4)cc3s2)CC1=O. The molecular formula is C19H24N4O4S2. The number of anilines is 1. The first-order chi connectivity index (χ1) is 13.8. The summed E-state index contributed by atoms with van der Waals surface area (Å²) in [6.07, 6.45) is 1.97. The molecule has 0 radical (unpaired) electrons. The molecule has 0 aliphatic carbocycles. The maximum absolute atomic E-state index is 12.8. The van der Waals surface area contributed by atoms with Gasteiger partial charge in [-0.25, -0.2) is 13.4 Å². The Hall–Kier alpha value is -2.04. The fourth-order valence-corrected chi connectivity index (χ4v) is 6.34. The highest BCUT2D eigenvalue weighted by molar-refractivity contribution is 7.89. The molecule has 1 atom stereocenters. The Labute approximate surface area is 173 Å². The standard InChI is InChI=1S/C19H24N4O4S2/c1-12(2)23-11-13(9-17(23)24)18(25)21-19-20-15-6-5-14(10-16(15)28-19)29(26,27)22-7-3-4-8-22/h5-6,10,12-13H,3-4,7-9,11H2,1-2H3,(H,20,21,25). The molecule has 0 spiro atoms. The van der Waals surface area contributed by atoms with Crippen LogP contribution in [0.1, 0.15) is 33.1 Å². The number of fused-ring (bicyclic) bond motifs is 1. The largest absolute Gasteiger partial charge is 0.339 e. The molecule has 4 rings (SSSR count). The first kappa shape index (κ1) is 20.2. The summed E-state index contributed by atoms with van der Waals surface area (Å²) in [5.41, 5.74) is 0.636. The quantitative estimate of drug-likeness (QED) is 0.775. The van der Waals surface area contributed by atoms with Crippen molar-refractivity contribution in [2.75, 3.05) is 25.0 Å². The fourth-order valence-electron chi connectivity index (χ4n) is 3.81. The predicted octanol–water partition coefficient (Wildman–Crippen LogP) is 2.28. The van der Waals surface area contributed by atoms with E-state index in [0.717, 1.165) is 12.8 Å². The zero-order valence-electron chi connectivity index (χ0n) is 16.4. The van der Waals surface area contributed by atoms with E-state index in [1.54, 1.807) is 23.1 Å². The molecule has 1 aromatic heterocycles. The number of benzene rings is 1. The summed E-state index contributed by atoms with van der Waals surface area (Å²) < 4.78 is 27.7. The number of carbonyl (C=O) groups excluding carboxylic acids is 2. The number of sulfonamides is 1. The summed E-state index contributed by atoms with van der Waals surface area (Å²) in [6.45, 7) is 5.38. The Morgan fingerprint density at radius 3 is 2.66 bits per heavy atom. The Balaban J connectivity index is 1.51. The number of hydrogen-bond acceptors (Lipinski definition) is 6. The van der Waals surface area contributed by atoms with Gasteiger partial charge in [-0.3, -0.25) is 9.59 Å². The van der Waals surface area contributed by atoms with Crippen LogP contribution in [0.3, 0.4) is 0 Å². The molecular weight excluding hydrogens is 412 g/mol. The summed E-state index contributed by atoms with van der Waals surface area (Å²) in [5, 5.41) is 3.21. The number of amides is 2. The Morgan fingerprint density at radius 1 is 1.28 bits per heavy atom. The molecule has 10 heteroatoms. The van der Waals surface area contributed by atoms with Crippen LogP contribution >= 0.6 is 11.3 Å². The first-order valence-electron chi connectivity index (χ1n) is 9.77. The highest BCUT2D eigenvalue weighted by Gasteiger charge is 2.35. The van der Waals surface area contributed by atoms with Gasteiger partial charge in [-0.05, 0) is 44.9 Å². The van der Waals surface area contributed by atoms with E-state index in [1.807, 2.05) is 13.8 Å². The maximum Gasteiger partial charge on any atom is 0.243 e. The van der Waals surface area contributed by atoms with Crippen LogP contribution in [0.15, 0.2) is 23.1 Å². The van der Waals surface area contributed by atoms with E-state index in [2.05, 4.69) is 10.3 Å². The molecule has 8 nitrogen and oxygen atoms in total. The highest BCUT2D eigenvalue weighted by Crippen LogP contribution is 2.31. The van der Waals surface area contributed by atoms with Gasteiger partial charge in [0.2, 0.25) is 21.8 Å². The van der Waals surface area contributed by atoms with Gasteiger partial charge in [0, 0.05) is 32.1 Å². The van der Waals surface area contributed by atoms with Crippen molar-refractivity contribution in [1.82, 2.24) is 14.2 Å². The van der Waals surface area contributed by atoms with Crippen molar-refractivity contribution in [1.29, 1.82) is 0 Å². The van der Waals surface area contributed by atoms with Gasteiger partial charge in [-0.1, -0.05) is 11.3 Å². The Morgan fingerprint density at radius 2 is 2.00 bits per heavy atom. The molecule has 2 amide bonds. The van der Waals surface area contributed by atoms with E-state index < -0.39 is 15.9 Å². The van der Waals surface area contributed by atoms with Crippen LogP contribution in [0, 0.1) is 5.92 Å². The van der Waals surface area contributed by atoms with E-state index in [4.69, 9.17) is 0 Å². The van der Waals surface area contributed by atoms with E-state index in [0.29, 0.717) is 35.0 Å². The summed E-state index contributed by atoms with van der Waals surface area (Å²) in [6, 6.07) is 4.93. The van der Waals surface area contributed by atoms with Crippen LogP contribution in [0.4, 0.5) is 5.13 Å². The van der Waals surface area contributed by atoms with E-state index in [9.17, 15) is 18.0 Å². The van der Waals surface area contributed by atoms with Gasteiger partial charge < -0.3 is 10.2 Å². The second-order valence-electron chi connectivity index (χ2n) is 7.79. The lowest BCUT2D eigenvalue weighted by molar-refractivity contribution is -0.129. The van der Waals surface area contributed by atoms with E-state index in [-0.39, 0.29) is 29.2 Å². The van der Waals surface area contributed by atoms with Crippen molar-refractivity contribution in [3.05, 3.63) is 18.2 Å². The molecule has 0 bridgehead atoms. The van der Waals surface area contributed by atoms with E-state index >= 15 is 0 Å². The van der Waals surface area contributed by atoms with Crippen LogP contribution in [0.2, 0.25) is 0 Å². The molecule has 3 heterocycles. The predicted molar refractivity (Wildman–Crippen MR) is 111 cm³/mol. The highest BCUT2D eigenvalue weighted by atomic mass is 32.2. The molecule has 1 N–H and O–H groups in total. The zero-order valence-corrected chi connectivity index (χ0v) is 18.1. The van der Waals surface area contributed by atoms with Gasteiger partial charge in [-0.2, -0.15) is 4.31 Å². The zero-order chi connectivity index (χ0) is 20.8. The van der Waals surface area contributed by atoms with Crippen LogP contribution < -0.4 is 5.32 Å². The summed E-state index contributed by atoms with van der Waals surface area (Å²) >= 11 is 1.24. The number of likely N-dealkylation sites (tertiary alicyclic amines) is 1. The lowest BCUT2D eigenvalue weighted by atomic mass is 10.1. The lowest BCUT2D eigenvalue weighted by Crippen LogP contribution is -2.33. The number of thiazole rings is 1. The smallest absolute Gasteiger partial charge is 0.243 e. The van der Waals surface area contributed by atoms with Gasteiger partial charge >= 0.3 is 0 Å². The number of nitrogens with one attached hydrogen (secondary N) is 1. The maximum atomic E-state index is 12.8. The second-order valence-corrected chi connectivity index (χ2v) is 10.8. The van der Waals surface area contributed by atoms with Crippen LogP contribution in [0.25, 0.3) is 10.2 Å². The third kappa shape index (κ3) is 3.88.